The Labute approximate surface area is 505 Å². The minimum atomic E-state index is -3.61. The Morgan fingerprint density at radius 1 is 0.544 bits per heavy atom. The molecule has 1 radical (unpaired) electrons. The Hall–Kier alpha value is -7.41. The molecule has 399 valence electrons. The molecule has 0 N–H and O–H groups in total. The molecule has 0 spiro atoms. The summed E-state index contributed by atoms with van der Waals surface area (Å²) in [5.74, 6) is -5.71. The summed E-state index contributed by atoms with van der Waals surface area (Å²) in [7, 11) is -1.38. The first-order valence-corrected chi connectivity index (χ1v) is 29.7. The summed E-state index contributed by atoms with van der Waals surface area (Å²) >= 11 is 0. The van der Waals surface area contributed by atoms with Crippen LogP contribution in [0.1, 0.15) is 130 Å². The normalized spacial score (nSPS) is 16.1. The van der Waals surface area contributed by atoms with Gasteiger partial charge in [0.2, 0.25) is 0 Å². The molecule has 0 aliphatic heterocycles. The van der Waals surface area contributed by atoms with Gasteiger partial charge in [0.05, 0.1) is 47.4 Å². The van der Waals surface area contributed by atoms with Gasteiger partial charge in [-0.1, -0.05) is 219 Å². The molecular formula is C72H70IrN4OSi-2. The summed E-state index contributed by atoms with van der Waals surface area (Å²) in [5.41, 5.74) is 9.70. The van der Waals surface area contributed by atoms with Gasteiger partial charge in [0.1, 0.15) is 5.58 Å². The minimum absolute atomic E-state index is 0. The van der Waals surface area contributed by atoms with Crippen molar-refractivity contribution in [2.75, 3.05) is 0 Å². The van der Waals surface area contributed by atoms with Crippen LogP contribution < -0.4 is 5.19 Å². The van der Waals surface area contributed by atoms with E-state index in [9.17, 15) is 2.74 Å². The van der Waals surface area contributed by atoms with Crippen molar-refractivity contribution in [1.82, 2.24) is 19.1 Å². The number of aryl methyl sites for hydroxylation is 1. The van der Waals surface area contributed by atoms with Crippen LogP contribution in [0.4, 0.5) is 0 Å². The van der Waals surface area contributed by atoms with E-state index < -0.39 is 70.9 Å². The zero-order chi connectivity index (χ0) is 68.9. The van der Waals surface area contributed by atoms with Crippen LogP contribution in [0.25, 0.3) is 100 Å². The third-order valence-corrected chi connectivity index (χ3v) is 16.5. The molecule has 0 fully saturated rings. The van der Waals surface area contributed by atoms with Crippen LogP contribution in [0, 0.1) is 19.0 Å². The molecule has 0 amide bonds. The molecule has 0 bridgehead atoms. The summed E-state index contributed by atoms with van der Waals surface area (Å²) < 4.78 is 152. The second kappa shape index (κ2) is 22.4. The van der Waals surface area contributed by atoms with E-state index in [0.29, 0.717) is 17.4 Å². The van der Waals surface area contributed by atoms with Crippen molar-refractivity contribution in [3.63, 3.8) is 0 Å². The first kappa shape index (κ1) is 37.5. The number of fused-ring (bicyclic) bond motifs is 5. The number of furan rings is 1. The molecule has 5 nitrogen and oxygen atoms in total. The van der Waals surface area contributed by atoms with Gasteiger partial charge < -0.3 is 13.6 Å². The Kier molecular flexibility index (Phi) is 10.6. The molecule has 0 aliphatic rings. The predicted molar refractivity (Wildman–Crippen MR) is 333 cm³/mol. The van der Waals surface area contributed by atoms with Crippen LogP contribution in [-0.4, -0.2) is 27.2 Å². The van der Waals surface area contributed by atoms with E-state index in [1.54, 1.807) is 42.5 Å². The van der Waals surface area contributed by atoms with Crippen molar-refractivity contribution < 1.29 is 47.8 Å². The minimum Gasteiger partial charge on any atom is -0.501 e. The summed E-state index contributed by atoms with van der Waals surface area (Å²) in [6.45, 7) is -0.643. The fourth-order valence-corrected chi connectivity index (χ4v) is 11.7. The van der Waals surface area contributed by atoms with Crippen molar-refractivity contribution in [2.45, 2.75) is 105 Å². The average molecular weight is 1240 g/mol. The van der Waals surface area contributed by atoms with E-state index in [-0.39, 0.29) is 53.7 Å². The zero-order valence-electron chi connectivity index (χ0n) is 62.0. The monoisotopic (exact) mass is 1240 g/mol. The van der Waals surface area contributed by atoms with Gasteiger partial charge in [-0.25, -0.2) is 0 Å². The number of benzene rings is 9. The van der Waals surface area contributed by atoms with Crippen LogP contribution in [0.3, 0.4) is 0 Å². The standard InChI is InChI=1S/C40H39N2OSi.C32H31N2.Ir/c1-25(2)33-23-28(27-19-21-29(22-20-27)44(5,6)7)24-34(26(3)4)38(33)42-36-17-10-9-16-35(36)41-40(42)32-15-12-14-31-30-13-8-11-18-37(30)43-39(31)32;1-21(2)26-14-11-15-27(22(3)4)31(26)34-30-17-10-9-16-29(30)33-32(34)25-19-18-23(5)28(20-25)24-12-7-6-8-13-24;/h8-14,16-26H,1-7H3;6-18,20-22H,1-5H3;/q2*-1;/i;1D3,2D3,3D3,4D3,5D3,21D,22D;. The fourth-order valence-electron chi connectivity index (χ4n) is 10.5. The van der Waals surface area contributed by atoms with Gasteiger partial charge in [0.25, 0.3) is 0 Å². The van der Waals surface area contributed by atoms with Crippen molar-refractivity contribution in [1.29, 1.82) is 0 Å². The maximum absolute atomic E-state index is 9.18. The summed E-state index contributed by atoms with van der Waals surface area (Å²) in [4.78, 5) is 9.96. The maximum Gasteiger partial charge on any atom is 0.120 e. The van der Waals surface area contributed by atoms with Gasteiger partial charge in [-0.3, -0.25) is 9.97 Å². The quantitative estimate of drug-likeness (QED) is 0.0958. The molecule has 3 aromatic heterocycles. The third kappa shape index (κ3) is 10.4. The van der Waals surface area contributed by atoms with Crippen molar-refractivity contribution in [3.8, 4) is 56.4 Å². The Bertz CT molecular complexity index is 4750. The van der Waals surface area contributed by atoms with Crippen molar-refractivity contribution in [2.24, 2.45) is 0 Å². The largest absolute Gasteiger partial charge is 0.501 e. The Morgan fingerprint density at radius 2 is 1.11 bits per heavy atom. The molecule has 0 unspecified atom stereocenters. The van der Waals surface area contributed by atoms with E-state index in [2.05, 4.69) is 148 Å². The average Bonchev–Trinajstić information content (AvgIpc) is 0.757. The fraction of sp³-hybridized carbons (Fsp3) is 0.222. The molecule has 0 saturated heterocycles. The molecule has 0 aliphatic carbocycles. The van der Waals surface area contributed by atoms with Crippen LogP contribution in [0.15, 0.2) is 186 Å². The molecule has 9 aromatic carbocycles. The van der Waals surface area contributed by atoms with Gasteiger partial charge in [0.15, 0.2) is 0 Å². The Balaban J connectivity index is 0.000000208. The van der Waals surface area contributed by atoms with Crippen LogP contribution in [0.5, 0.6) is 0 Å². The van der Waals surface area contributed by atoms with E-state index in [1.807, 2.05) is 18.2 Å². The number of imidazole rings is 2. The smallest absolute Gasteiger partial charge is 0.120 e. The molecule has 0 saturated carbocycles. The molecule has 3 heterocycles. The van der Waals surface area contributed by atoms with E-state index in [0.717, 1.165) is 67.1 Å². The molecule has 12 rings (SSSR count). The predicted octanol–water partition coefficient (Wildman–Crippen LogP) is 19.6. The number of rotatable bonds is 11. The molecular weight excluding hydrogens is 1160 g/mol. The number of aromatic nitrogens is 4. The molecule has 0 atom stereocenters. The van der Waals surface area contributed by atoms with E-state index in [1.165, 1.54) is 57.4 Å². The number of hydrogen-bond donors (Lipinski definition) is 0. The van der Waals surface area contributed by atoms with Gasteiger partial charge in [-0.15, -0.1) is 47.5 Å². The SMILES string of the molecule is CC(C)c1cc(-c2ccc([Si](C)(C)C)cc2)cc(C(C)C)c1-n1c(-c2[c-]ccc3c2oc2ccccc23)nc2ccccc21.[2H]C([2H])([2H])c1c[c-]c(-c2nc3ccccc3n2-c2c(C([2H])(C([2H])([2H])[2H])C([2H])([2H])[2H])cccc2C([2H])(C([2H])([2H])[2H])C([2H])([2H])[2H])cc1-c1ccccc1.[Ir]. The second-order valence-corrected chi connectivity index (χ2v) is 26.4. The van der Waals surface area contributed by atoms with Crippen LogP contribution in [-0.2, 0) is 20.1 Å². The van der Waals surface area contributed by atoms with E-state index >= 15 is 0 Å². The van der Waals surface area contributed by atoms with Gasteiger partial charge in [-0.2, -0.15) is 0 Å². The third-order valence-electron chi connectivity index (χ3n) is 14.5. The zero-order valence-corrected chi connectivity index (χ0v) is 48.4. The number of nitrogens with zero attached hydrogens (tertiary/aromatic N) is 4. The number of para-hydroxylation sites is 6. The molecule has 7 heteroatoms. The number of hydrogen-bond acceptors (Lipinski definition) is 3. The van der Waals surface area contributed by atoms with Crippen molar-refractivity contribution in [3.05, 3.63) is 222 Å². The summed E-state index contributed by atoms with van der Waals surface area (Å²) in [6, 6.07) is 61.6. The van der Waals surface area contributed by atoms with E-state index in [4.69, 9.17) is 30.0 Å². The van der Waals surface area contributed by atoms with Crippen molar-refractivity contribution >= 4 is 57.3 Å². The second-order valence-electron chi connectivity index (χ2n) is 21.3. The van der Waals surface area contributed by atoms with Gasteiger partial charge in [0, 0.05) is 60.2 Å². The van der Waals surface area contributed by atoms with Gasteiger partial charge >= 0.3 is 0 Å². The molecule has 12 aromatic rings. The first-order valence-electron chi connectivity index (χ1n) is 34.7. The first-order chi connectivity index (χ1) is 44.4. The summed E-state index contributed by atoms with van der Waals surface area (Å²) in [6.07, 6.45) is 0. The van der Waals surface area contributed by atoms with Gasteiger partial charge in [-0.05, 0) is 105 Å². The summed E-state index contributed by atoms with van der Waals surface area (Å²) in [5, 5.41) is 3.67. The van der Waals surface area contributed by atoms with Crippen LogP contribution in [0.2, 0.25) is 19.6 Å². The molecule has 79 heavy (non-hydrogen) atoms. The maximum atomic E-state index is 9.18. The Morgan fingerprint density at radius 3 is 1.72 bits per heavy atom. The topological polar surface area (TPSA) is 48.8 Å². The van der Waals surface area contributed by atoms with Crippen LogP contribution >= 0.6 is 0 Å².